The number of rotatable bonds is 46. The van der Waals surface area contributed by atoms with Gasteiger partial charge in [0.1, 0.15) is 6.10 Å². The van der Waals surface area contributed by atoms with Crippen molar-refractivity contribution in [1.82, 2.24) is 5.32 Å². The summed E-state index contributed by atoms with van der Waals surface area (Å²) in [6.07, 6.45) is 62.6. The molecule has 0 bridgehead atoms. The van der Waals surface area contributed by atoms with Crippen LogP contribution in [-0.4, -0.2) is 46.9 Å². The third-order valence-corrected chi connectivity index (χ3v) is 11.7. The van der Waals surface area contributed by atoms with E-state index in [1.165, 1.54) is 141 Å². The predicted molar refractivity (Wildman–Crippen MR) is 268 cm³/mol. The van der Waals surface area contributed by atoms with E-state index >= 15 is 0 Å². The monoisotopic (exact) mass is 866 g/mol. The number of aliphatic hydroxyl groups is 2. The van der Waals surface area contributed by atoms with Crippen molar-refractivity contribution in [2.24, 2.45) is 0 Å². The van der Waals surface area contributed by atoms with Crippen LogP contribution in [0.25, 0.3) is 0 Å². The molecule has 0 aliphatic heterocycles. The topological polar surface area (TPSA) is 95.9 Å². The minimum absolute atomic E-state index is 0.0261. The molecule has 0 spiro atoms. The Morgan fingerprint density at radius 2 is 0.871 bits per heavy atom. The smallest absolute Gasteiger partial charge is 0.306 e. The maximum atomic E-state index is 13.2. The zero-order chi connectivity index (χ0) is 45.2. The highest BCUT2D eigenvalue weighted by molar-refractivity contribution is 5.77. The molecule has 1 amide bonds. The summed E-state index contributed by atoms with van der Waals surface area (Å²) in [5, 5.41) is 23.7. The molecule has 0 aromatic carbocycles. The van der Waals surface area contributed by atoms with Crippen molar-refractivity contribution in [3.05, 3.63) is 72.9 Å². The van der Waals surface area contributed by atoms with Crippen LogP contribution in [0.15, 0.2) is 72.9 Å². The number of ether oxygens (including phenoxy) is 1. The van der Waals surface area contributed by atoms with Crippen LogP contribution in [0.1, 0.15) is 245 Å². The Bertz CT molecular complexity index is 1150. The molecule has 3 N–H and O–H groups in total. The Morgan fingerprint density at radius 3 is 1.29 bits per heavy atom. The third-order valence-electron chi connectivity index (χ3n) is 11.7. The molecule has 0 heterocycles. The van der Waals surface area contributed by atoms with Crippen LogP contribution in [0, 0.1) is 0 Å². The van der Waals surface area contributed by atoms with Crippen molar-refractivity contribution in [2.45, 2.75) is 264 Å². The molecule has 0 aromatic rings. The lowest BCUT2D eigenvalue weighted by atomic mass is 10.0. The van der Waals surface area contributed by atoms with E-state index in [-0.39, 0.29) is 24.9 Å². The zero-order valence-electron chi connectivity index (χ0n) is 40.7. The van der Waals surface area contributed by atoms with Crippen molar-refractivity contribution in [3.8, 4) is 0 Å². The minimum Gasteiger partial charge on any atom is -0.462 e. The highest BCUT2D eigenvalue weighted by atomic mass is 16.5. The second-order valence-corrected chi connectivity index (χ2v) is 17.7. The summed E-state index contributed by atoms with van der Waals surface area (Å²) >= 11 is 0. The molecule has 0 aliphatic carbocycles. The molecular formula is C56H99NO5. The number of carbonyl (C=O) groups is 2. The standard InChI is InChI=1S/C56H99NO5/c1-4-7-10-13-16-19-22-24-26-27-28-30-32-34-37-40-43-46-49-56(61)62-52(47-44-41-38-35-33-31-29-25-23-20-17-14-11-8-5-2)50-55(60)57-53(51-58)54(59)48-45-42-39-36-21-18-15-12-9-6-3/h8,11,14,17,20,23,25,29,31,33,35,38,52-54,58-59H,4-7,9-10,12-13,15-16,18-19,21-22,24,26-28,30,32,34,36-37,39-51H2,1-3H3,(H,57,60)/b11-8-,17-14+,23-20+,29-25-,33-31+,38-35+. The summed E-state index contributed by atoms with van der Waals surface area (Å²) in [6, 6.07) is -0.726. The predicted octanol–water partition coefficient (Wildman–Crippen LogP) is 15.8. The Labute approximate surface area is 383 Å². The van der Waals surface area contributed by atoms with Gasteiger partial charge in [-0.25, -0.2) is 0 Å². The van der Waals surface area contributed by atoms with Gasteiger partial charge in [-0.3, -0.25) is 9.59 Å². The number of hydrogen-bond donors (Lipinski definition) is 3. The molecule has 6 nitrogen and oxygen atoms in total. The maximum Gasteiger partial charge on any atom is 0.306 e. The normalized spacial score (nSPS) is 13.8. The van der Waals surface area contributed by atoms with Gasteiger partial charge < -0.3 is 20.3 Å². The van der Waals surface area contributed by atoms with E-state index in [0.717, 1.165) is 57.8 Å². The number of amides is 1. The van der Waals surface area contributed by atoms with E-state index in [9.17, 15) is 19.8 Å². The minimum atomic E-state index is -0.808. The summed E-state index contributed by atoms with van der Waals surface area (Å²) in [7, 11) is 0. The molecular weight excluding hydrogens is 767 g/mol. The van der Waals surface area contributed by atoms with E-state index in [1.807, 2.05) is 60.8 Å². The fourth-order valence-corrected chi connectivity index (χ4v) is 7.76. The van der Waals surface area contributed by atoms with Gasteiger partial charge >= 0.3 is 5.97 Å². The lowest BCUT2D eigenvalue weighted by Crippen LogP contribution is -2.46. The lowest BCUT2D eigenvalue weighted by Gasteiger charge is -2.24. The van der Waals surface area contributed by atoms with Gasteiger partial charge in [-0.05, 0) is 38.5 Å². The van der Waals surface area contributed by atoms with Gasteiger partial charge in [-0.1, -0.05) is 267 Å². The molecule has 358 valence electrons. The van der Waals surface area contributed by atoms with Crippen molar-refractivity contribution in [3.63, 3.8) is 0 Å². The first-order chi connectivity index (χ1) is 30.5. The number of carbonyl (C=O) groups excluding carboxylic acids is 2. The maximum absolute atomic E-state index is 13.2. The Kier molecular flexibility index (Phi) is 47.2. The molecule has 3 unspecified atom stereocenters. The number of unbranched alkanes of at least 4 members (excludes halogenated alkanes) is 27. The molecule has 0 saturated carbocycles. The summed E-state index contributed by atoms with van der Waals surface area (Å²) in [5.74, 6) is -0.546. The number of esters is 1. The van der Waals surface area contributed by atoms with Crippen molar-refractivity contribution in [2.75, 3.05) is 6.61 Å². The van der Waals surface area contributed by atoms with Crippen molar-refractivity contribution in [1.29, 1.82) is 0 Å². The number of hydrogen-bond acceptors (Lipinski definition) is 5. The average molecular weight is 866 g/mol. The molecule has 0 saturated heterocycles. The first kappa shape index (κ1) is 59.3. The molecule has 0 aromatic heterocycles. The van der Waals surface area contributed by atoms with Crippen LogP contribution in [0.4, 0.5) is 0 Å². The molecule has 62 heavy (non-hydrogen) atoms. The Balaban J connectivity index is 4.66. The SMILES string of the molecule is CC\C=C/C=C/C=C/C=C\C=C\C=C\CCCC(CC(=O)NC(CO)C(O)CCCCCCCCCCCC)OC(=O)CCCCCCCCCCCCCCCCCCCC. The second-order valence-electron chi connectivity index (χ2n) is 17.7. The van der Waals surface area contributed by atoms with Crippen molar-refractivity contribution < 1.29 is 24.5 Å². The Morgan fingerprint density at radius 1 is 0.484 bits per heavy atom. The van der Waals surface area contributed by atoms with Gasteiger partial charge in [0.25, 0.3) is 0 Å². The van der Waals surface area contributed by atoms with Gasteiger partial charge in [0.05, 0.1) is 25.2 Å². The molecule has 0 radical (unpaired) electrons. The third kappa shape index (κ3) is 43.9. The first-order valence-electron chi connectivity index (χ1n) is 26.2. The van der Waals surface area contributed by atoms with Gasteiger partial charge in [0, 0.05) is 6.42 Å². The van der Waals surface area contributed by atoms with Crippen LogP contribution in [0.2, 0.25) is 0 Å². The number of nitrogens with one attached hydrogen (secondary N) is 1. The number of allylic oxidation sites excluding steroid dienone is 12. The average Bonchev–Trinajstić information content (AvgIpc) is 3.26. The zero-order valence-corrected chi connectivity index (χ0v) is 40.7. The second kappa shape index (κ2) is 49.3. The van der Waals surface area contributed by atoms with Gasteiger partial charge in [0.15, 0.2) is 0 Å². The van der Waals surface area contributed by atoms with E-state index in [1.54, 1.807) is 0 Å². The number of aliphatic hydroxyl groups excluding tert-OH is 2. The summed E-state index contributed by atoms with van der Waals surface area (Å²) < 4.78 is 5.90. The van der Waals surface area contributed by atoms with E-state index in [2.05, 4.69) is 38.2 Å². The molecule has 0 aliphatic rings. The van der Waals surface area contributed by atoms with E-state index < -0.39 is 18.2 Å². The van der Waals surface area contributed by atoms with Crippen LogP contribution < -0.4 is 5.32 Å². The van der Waals surface area contributed by atoms with E-state index in [0.29, 0.717) is 19.3 Å². The van der Waals surface area contributed by atoms with Crippen LogP contribution in [0.5, 0.6) is 0 Å². The van der Waals surface area contributed by atoms with Crippen LogP contribution >= 0.6 is 0 Å². The van der Waals surface area contributed by atoms with Crippen molar-refractivity contribution >= 4 is 11.9 Å². The highest BCUT2D eigenvalue weighted by Crippen LogP contribution is 2.17. The van der Waals surface area contributed by atoms with Crippen LogP contribution in [0.3, 0.4) is 0 Å². The summed E-state index contributed by atoms with van der Waals surface area (Å²) in [6.45, 7) is 6.31. The lowest BCUT2D eigenvalue weighted by molar-refractivity contribution is -0.151. The quantitative estimate of drug-likeness (QED) is 0.0322. The summed E-state index contributed by atoms with van der Waals surface area (Å²) in [5.41, 5.74) is 0. The fraction of sp³-hybridized carbons (Fsp3) is 0.750. The van der Waals surface area contributed by atoms with Gasteiger partial charge in [-0.2, -0.15) is 0 Å². The first-order valence-corrected chi connectivity index (χ1v) is 26.2. The molecule has 3 atom stereocenters. The largest absolute Gasteiger partial charge is 0.462 e. The molecule has 0 rings (SSSR count). The summed E-state index contributed by atoms with van der Waals surface area (Å²) in [4.78, 5) is 26.1. The molecule has 0 fully saturated rings. The van der Waals surface area contributed by atoms with E-state index in [4.69, 9.17) is 4.74 Å². The Hall–Kier alpha value is -2.70. The van der Waals surface area contributed by atoms with Gasteiger partial charge in [0.2, 0.25) is 5.91 Å². The fourth-order valence-electron chi connectivity index (χ4n) is 7.76. The highest BCUT2D eigenvalue weighted by Gasteiger charge is 2.24. The van der Waals surface area contributed by atoms with Crippen LogP contribution in [-0.2, 0) is 14.3 Å². The molecule has 6 heteroatoms. The van der Waals surface area contributed by atoms with Gasteiger partial charge in [-0.15, -0.1) is 0 Å².